The number of phenolic OH excluding ortho intramolecular Hbond substituents is 2. The Morgan fingerprint density at radius 1 is 0.628 bits per heavy atom. The summed E-state index contributed by atoms with van der Waals surface area (Å²) in [7, 11) is 0. The Morgan fingerprint density at radius 3 is 1.19 bits per heavy atom. The number of hydrogen-bond donors (Lipinski definition) is 3. The van der Waals surface area contributed by atoms with Crippen molar-refractivity contribution in [1.29, 1.82) is 0 Å². The average Bonchev–Trinajstić information content (AvgIpc) is 2.85. The molecule has 0 radical (unpaired) electrons. The third kappa shape index (κ3) is 10.1. The minimum atomic E-state index is -1.56. The van der Waals surface area contributed by atoms with Crippen LogP contribution in [0.1, 0.15) is 142 Å². The van der Waals surface area contributed by atoms with E-state index in [4.69, 9.17) is 17.7 Å². The van der Waals surface area contributed by atoms with E-state index in [9.17, 15) is 10.2 Å². The van der Waals surface area contributed by atoms with E-state index in [0.717, 1.165) is 47.9 Å². The fourth-order valence-electron chi connectivity index (χ4n) is 5.31. The Labute approximate surface area is 267 Å². The van der Waals surface area contributed by atoms with Crippen LogP contribution < -0.4 is 0 Å². The summed E-state index contributed by atoms with van der Waals surface area (Å²) in [5, 5.41) is 22.5. The van der Waals surface area contributed by atoms with Gasteiger partial charge in [0.15, 0.2) is 0 Å². The van der Waals surface area contributed by atoms with Crippen molar-refractivity contribution in [2.24, 2.45) is 9.98 Å². The summed E-state index contributed by atoms with van der Waals surface area (Å²) < 4.78 is 15.7. The first-order valence-electron chi connectivity index (χ1n) is 15.4. The van der Waals surface area contributed by atoms with E-state index in [2.05, 4.69) is 107 Å². The van der Waals surface area contributed by atoms with Gasteiger partial charge in [-0.25, -0.2) is 0 Å². The summed E-state index contributed by atoms with van der Waals surface area (Å²) >= 11 is -1.56. The molecule has 0 amide bonds. The Bertz CT molecular complexity index is 1220. The zero-order chi connectivity index (χ0) is 33.0. The zero-order valence-electron chi connectivity index (χ0n) is 28.5. The molecule has 3 N–H and O–H groups in total. The molecule has 1 aliphatic carbocycles. The van der Waals surface area contributed by atoms with E-state index < -0.39 is 16.6 Å². The Kier molecular flexibility index (Phi) is 12.2. The molecule has 43 heavy (non-hydrogen) atoms. The molecular weight excluding hydrogens is 575 g/mol. The summed E-state index contributed by atoms with van der Waals surface area (Å²) in [4.78, 5) is 10.1. The van der Waals surface area contributed by atoms with E-state index in [1.807, 2.05) is 12.4 Å². The van der Waals surface area contributed by atoms with Gasteiger partial charge in [0.2, 0.25) is 0 Å². The molecule has 0 bridgehead atoms. The maximum atomic E-state index is 11.2. The molecule has 1 aliphatic rings. The molecular formula is C36H55N2O4V. The molecule has 0 heterocycles. The zero-order valence-corrected chi connectivity index (χ0v) is 29.9. The number of aliphatic imine (C=N–C) groups is 2. The van der Waals surface area contributed by atoms with E-state index in [-0.39, 0.29) is 33.7 Å². The van der Waals surface area contributed by atoms with Crippen LogP contribution in [0, 0.1) is 0 Å². The fraction of sp³-hybridized carbons (Fsp3) is 0.611. The van der Waals surface area contributed by atoms with Gasteiger partial charge in [-0.1, -0.05) is 108 Å². The summed E-state index contributed by atoms with van der Waals surface area (Å²) in [6.45, 7) is 26.0. The van der Waals surface area contributed by atoms with E-state index in [0.29, 0.717) is 11.5 Å². The van der Waals surface area contributed by atoms with E-state index in [1.165, 1.54) is 11.1 Å². The number of rotatable bonds is 4. The monoisotopic (exact) mass is 630 g/mol. The second-order valence-electron chi connectivity index (χ2n) is 16.0. The van der Waals surface area contributed by atoms with Crippen molar-refractivity contribution in [3.63, 3.8) is 0 Å². The molecule has 238 valence electrons. The third-order valence-corrected chi connectivity index (χ3v) is 8.13. The molecule has 1 saturated carbocycles. The molecule has 2 aromatic rings. The topological polar surface area (TPSA) is 102 Å². The maximum absolute atomic E-state index is 11.2. The van der Waals surface area contributed by atoms with Crippen molar-refractivity contribution >= 4 is 12.4 Å². The summed E-state index contributed by atoms with van der Waals surface area (Å²) in [6, 6.07) is 8.53. The van der Waals surface area contributed by atoms with Gasteiger partial charge in [-0.05, 0) is 57.8 Å². The second-order valence-corrected chi connectivity index (χ2v) is 16.2. The molecule has 2 aromatic carbocycles. The Morgan fingerprint density at radius 2 is 0.930 bits per heavy atom. The number of aromatic hydroxyl groups is 2. The van der Waals surface area contributed by atoms with Crippen molar-refractivity contribution in [2.75, 3.05) is 0 Å². The van der Waals surface area contributed by atoms with Gasteiger partial charge in [-0.2, -0.15) is 0 Å². The Balaban J connectivity index is 0.00000206. The van der Waals surface area contributed by atoms with Gasteiger partial charge >= 0.3 is 24.3 Å². The number of nitrogens with zero attached hydrogens (tertiary/aromatic N) is 2. The third-order valence-electron chi connectivity index (χ3n) is 8.13. The molecule has 0 spiro atoms. The van der Waals surface area contributed by atoms with Crippen molar-refractivity contribution in [3.05, 3.63) is 57.6 Å². The van der Waals surface area contributed by atoms with Crippen LogP contribution in [0.5, 0.6) is 11.5 Å². The number of hydrogen-bond acceptors (Lipinski definition) is 5. The molecule has 6 nitrogen and oxygen atoms in total. The summed E-state index contributed by atoms with van der Waals surface area (Å²) in [5.41, 5.74) is 5.39. The first-order chi connectivity index (χ1) is 19.6. The van der Waals surface area contributed by atoms with Gasteiger partial charge in [0.1, 0.15) is 11.5 Å². The van der Waals surface area contributed by atoms with Crippen molar-refractivity contribution in [2.45, 2.75) is 143 Å². The molecule has 2 atom stereocenters. The predicted molar refractivity (Wildman–Crippen MR) is 175 cm³/mol. The van der Waals surface area contributed by atoms with Crippen molar-refractivity contribution in [3.8, 4) is 11.5 Å². The van der Waals surface area contributed by atoms with Gasteiger partial charge in [-0.3, -0.25) is 9.98 Å². The van der Waals surface area contributed by atoms with Gasteiger partial charge in [0.25, 0.3) is 0 Å². The average molecular weight is 631 g/mol. The first kappa shape index (κ1) is 36.9. The quantitative estimate of drug-likeness (QED) is 0.295. The van der Waals surface area contributed by atoms with Crippen molar-refractivity contribution in [1.82, 2.24) is 0 Å². The second kappa shape index (κ2) is 14.2. The fourth-order valence-corrected chi connectivity index (χ4v) is 5.31. The standard InChI is InChI=1S/C36H54N2O2.H2O.O.V/c1-33(2,3)25-17-23(31(39)27(19-25)35(7,8)9)21-37-29-15-13-14-16-30(29)38-22-24-18-26(34(4,5)6)20-28(32(24)40)36(10,11)12;;;/h17-22,29-30,39-40H,13-16H2,1-12H3;1H2;;/q;;;+1/p-1/t29-,30-;;;/m1.../s1. The molecule has 0 unspecified atom stereocenters. The van der Waals surface area contributed by atoms with E-state index in [1.54, 1.807) is 0 Å². The van der Waals surface area contributed by atoms with Crippen LogP contribution in [0.15, 0.2) is 34.3 Å². The van der Waals surface area contributed by atoms with Crippen LogP contribution >= 0.6 is 0 Å². The van der Waals surface area contributed by atoms with Crippen LogP contribution in [-0.2, 0) is 41.9 Å². The molecule has 0 aliphatic heterocycles. The molecule has 0 saturated heterocycles. The normalized spacial score (nSPS) is 18.5. The summed E-state index contributed by atoms with van der Waals surface area (Å²) in [5.74, 6) is 0.637. The molecule has 3 rings (SSSR count). The predicted octanol–water partition coefficient (Wildman–Crippen LogP) is 8.46. The molecule has 7 heteroatoms. The van der Waals surface area contributed by atoms with Crippen molar-refractivity contribution < 1.29 is 34.5 Å². The van der Waals surface area contributed by atoms with Gasteiger partial charge in [0, 0.05) is 34.7 Å². The minimum absolute atomic E-state index is 0.0378. The van der Waals surface area contributed by atoms with Crippen LogP contribution in [-0.4, -0.2) is 38.8 Å². The van der Waals surface area contributed by atoms with Gasteiger partial charge in [-0.15, -0.1) is 0 Å². The number of phenols is 2. The summed E-state index contributed by atoms with van der Waals surface area (Å²) in [6.07, 6.45) is 7.90. The van der Waals surface area contributed by atoms with Crippen LogP contribution in [0.3, 0.4) is 0 Å². The first-order valence-corrected chi connectivity index (χ1v) is 16.6. The van der Waals surface area contributed by atoms with Gasteiger partial charge < -0.3 is 10.2 Å². The van der Waals surface area contributed by atoms with Crippen LogP contribution in [0.2, 0.25) is 0 Å². The Hall–Kier alpha value is -2.28. The molecule has 0 aromatic heterocycles. The van der Waals surface area contributed by atoms with Crippen LogP contribution in [0.4, 0.5) is 0 Å². The van der Waals surface area contributed by atoms with Gasteiger partial charge in [0.05, 0.1) is 12.1 Å². The molecule has 1 fully saturated rings. The SMILES string of the molecule is CC(C)(C)c1cc(C=N[C@@H]2CCCC[C@H]2N=Cc2cc(C(C)(C)C)cc(C(C)(C)C)c2O)c(O)c(C(C)(C)C)c1.[O]=[V][OH]. The van der Waals surface area contributed by atoms with Crippen LogP contribution in [0.25, 0.3) is 0 Å². The van der Waals surface area contributed by atoms with E-state index >= 15 is 0 Å². The number of benzene rings is 2.